The summed E-state index contributed by atoms with van der Waals surface area (Å²) >= 11 is 12.3. The summed E-state index contributed by atoms with van der Waals surface area (Å²) in [6.45, 7) is 2.98. The molecule has 0 saturated heterocycles. The van der Waals surface area contributed by atoms with Crippen molar-refractivity contribution in [2.75, 3.05) is 0 Å². The lowest BCUT2D eigenvalue weighted by atomic mass is 9.93. The maximum absolute atomic E-state index is 6.38. The average Bonchev–Trinajstić information content (AvgIpc) is 3.16. The Morgan fingerprint density at radius 2 is 1.81 bits per heavy atom. The van der Waals surface area contributed by atoms with E-state index in [9.17, 15) is 0 Å². The first-order chi connectivity index (χ1) is 12.5. The van der Waals surface area contributed by atoms with Crippen molar-refractivity contribution in [2.24, 2.45) is 0 Å². The van der Waals surface area contributed by atoms with Crippen LogP contribution in [0, 0.1) is 0 Å². The fourth-order valence-electron chi connectivity index (χ4n) is 2.86. The number of halogens is 2. The molecule has 0 bridgehead atoms. The molecule has 0 aliphatic carbocycles. The first-order valence-electron chi connectivity index (χ1n) is 8.68. The van der Waals surface area contributed by atoms with Crippen LogP contribution in [0.15, 0.2) is 67.3 Å². The zero-order valence-corrected chi connectivity index (χ0v) is 16.2. The minimum Gasteiger partial charge on any atom is -0.486 e. The third-order valence-electron chi connectivity index (χ3n) is 4.51. The van der Waals surface area contributed by atoms with Crippen molar-refractivity contribution in [3.63, 3.8) is 0 Å². The summed E-state index contributed by atoms with van der Waals surface area (Å²) in [7, 11) is 0. The van der Waals surface area contributed by atoms with Crippen molar-refractivity contribution in [1.82, 2.24) is 9.55 Å². The van der Waals surface area contributed by atoms with E-state index in [1.54, 1.807) is 6.20 Å². The van der Waals surface area contributed by atoms with Crippen LogP contribution in [0.2, 0.25) is 10.0 Å². The fraction of sp³-hybridized carbons (Fsp3) is 0.286. The lowest BCUT2D eigenvalue weighted by Gasteiger charge is -2.31. The predicted octanol–water partition coefficient (Wildman–Crippen LogP) is 6.05. The van der Waals surface area contributed by atoms with Gasteiger partial charge in [0.05, 0.1) is 11.3 Å². The Morgan fingerprint density at radius 3 is 2.50 bits per heavy atom. The zero-order chi connectivity index (χ0) is 18.4. The second kappa shape index (κ2) is 8.61. The van der Waals surface area contributed by atoms with Gasteiger partial charge in [0, 0.05) is 30.4 Å². The maximum atomic E-state index is 6.38. The Balaban J connectivity index is 1.73. The standard InChI is InChI=1S/C21H22Cl2N2O/c1-21(12-14-25-15-13-24-16-25,26-20-5-3-2-4-19(20)23)11-10-17-6-8-18(22)9-7-17/h2-9,13,15-16H,10-12,14H2,1H3. The number of benzene rings is 2. The number of nitrogens with zero attached hydrogens (tertiary/aromatic N) is 2. The SMILES string of the molecule is CC(CCc1ccc(Cl)cc1)(CCn1ccnc1)Oc1ccccc1Cl. The molecule has 0 aliphatic rings. The summed E-state index contributed by atoms with van der Waals surface area (Å²) in [6.07, 6.45) is 8.21. The molecular formula is C21H22Cl2N2O. The molecule has 0 amide bonds. The van der Waals surface area contributed by atoms with Gasteiger partial charge in [-0.2, -0.15) is 0 Å². The van der Waals surface area contributed by atoms with Crippen LogP contribution in [0.4, 0.5) is 0 Å². The normalized spacial score (nSPS) is 13.3. The van der Waals surface area contributed by atoms with Crippen molar-refractivity contribution < 1.29 is 4.74 Å². The molecule has 26 heavy (non-hydrogen) atoms. The van der Waals surface area contributed by atoms with E-state index in [-0.39, 0.29) is 5.60 Å². The Bertz CT molecular complexity index is 818. The minimum absolute atomic E-state index is 0.352. The highest BCUT2D eigenvalue weighted by Gasteiger charge is 2.27. The summed E-state index contributed by atoms with van der Waals surface area (Å²) in [5, 5.41) is 1.39. The van der Waals surface area contributed by atoms with Crippen molar-refractivity contribution in [3.8, 4) is 5.75 Å². The van der Waals surface area contributed by atoms with Crippen LogP contribution in [-0.4, -0.2) is 15.2 Å². The highest BCUT2D eigenvalue weighted by Crippen LogP contribution is 2.31. The number of aryl methyl sites for hydroxylation is 2. The van der Waals surface area contributed by atoms with Gasteiger partial charge in [0.25, 0.3) is 0 Å². The van der Waals surface area contributed by atoms with Gasteiger partial charge in [-0.25, -0.2) is 4.98 Å². The van der Waals surface area contributed by atoms with Gasteiger partial charge in [0.1, 0.15) is 11.4 Å². The van der Waals surface area contributed by atoms with E-state index in [0.717, 1.165) is 36.6 Å². The monoisotopic (exact) mass is 388 g/mol. The fourth-order valence-corrected chi connectivity index (χ4v) is 3.16. The third kappa shape index (κ3) is 5.26. The number of hydrogen-bond donors (Lipinski definition) is 0. The maximum Gasteiger partial charge on any atom is 0.138 e. The summed E-state index contributed by atoms with van der Waals surface area (Å²) < 4.78 is 8.45. The van der Waals surface area contributed by atoms with Crippen LogP contribution in [0.5, 0.6) is 5.75 Å². The molecule has 1 heterocycles. The Labute approximate surface area is 164 Å². The van der Waals surface area contributed by atoms with Crippen LogP contribution < -0.4 is 4.74 Å². The molecule has 5 heteroatoms. The summed E-state index contributed by atoms with van der Waals surface area (Å²) in [6, 6.07) is 15.6. The molecule has 3 aromatic rings. The smallest absolute Gasteiger partial charge is 0.138 e. The van der Waals surface area contributed by atoms with E-state index < -0.39 is 0 Å². The van der Waals surface area contributed by atoms with E-state index in [1.807, 2.05) is 48.9 Å². The molecule has 0 fully saturated rings. The highest BCUT2D eigenvalue weighted by molar-refractivity contribution is 6.32. The number of ether oxygens (including phenoxy) is 1. The number of hydrogen-bond acceptors (Lipinski definition) is 2. The van der Waals surface area contributed by atoms with Crippen LogP contribution in [-0.2, 0) is 13.0 Å². The number of para-hydroxylation sites is 1. The van der Waals surface area contributed by atoms with E-state index in [4.69, 9.17) is 27.9 Å². The van der Waals surface area contributed by atoms with Gasteiger partial charge in [-0.05, 0) is 49.6 Å². The van der Waals surface area contributed by atoms with E-state index in [2.05, 4.69) is 28.6 Å². The summed E-state index contributed by atoms with van der Waals surface area (Å²) in [4.78, 5) is 4.11. The van der Waals surface area contributed by atoms with Gasteiger partial charge in [-0.1, -0.05) is 47.5 Å². The first-order valence-corrected chi connectivity index (χ1v) is 9.43. The molecule has 0 N–H and O–H groups in total. The van der Waals surface area contributed by atoms with Crippen LogP contribution in [0.1, 0.15) is 25.3 Å². The molecule has 3 nitrogen and oxygen atoms in total. The quantitative estimate of drug-likeness (QED) is 0.469. The number of imidazole rings is 1. The largest absolute Gasteiger partial charge is 0.486 e. The zero-order valence-electron chi connectivity index (χ0n) is 14.7. The van der Waals surface area contributed by atoms with Gasteiger partial charge < -0.3 is 9.30 Å². The topological polar surface area (TPSA) is 27.1 Å². The van der Waals surface area contributed by atoms with Crippen molar-refractivity contribution in [2.45, 2.75) is 38.3 Å². The second-order valence-corrected chi connectivity index (χ2v) is 7.50. The van der Waals surface area contributed by atoms with Gasteiger partial charge in [-0.3, -0.25) is 0 Å². The van der Waals surface area contributed by atoms with Crippen molar-refractivity contribution >= 4 is 23.2 Å². The minimum atomic E-state index is -0.352. The summed E-state index contributed by atoms with van der Waals surface area (Å²) in [5.74, 6) is 0.721. The molecule has 2 aromatic carbocycles. The van der Waals surface area contributed by atoms with Gasteiger partial charge >= 0.3 is 0 Å². The molecule has 3 rings (SSSR count). The second-order valence-electron chi connectivity index (χ2n) is 6.66. The molecule has 0 radical (unpaired) electrons. The van der Waals surface area contributed by atoms with E-state index in [1.165, 1.54) is 5.56 Å². The number of aromatic nitrogens is 2. The summed E-state index contributed by atoms with van der Waals surface area (Å²) in [5.41, 5.74) is 0.889. The first kappa shape index (κ1) is 18.8. The lowest BCUT2D eigenvalue weighted by molar-refractivity contribution is 0.0653. The van der Waals surface area contributed by atoms with Crippen LogP contribution in [0.3, 0.4) is 0 Å². The van der Waals surface area contributed by atoms with E-state index in [0.29, 0.717) is 5.02 Å². The van der Waals surface area contributed by atoms with Crippen molar-refractivity contribution in [1.29, 1.82) is 0 Å². The van der Waals surface area contributed by atoms with Gasteiger partial charge in [0.15, 0.2) is 0 Å². The van der Waals surface area contributed by atoms with Crippen LogP contribution >= 0.6 is 23.2 Å². The predicted molar refractivity (Wildman–Crippen MR) is 107 cm³/mol. The Hall–Kier alpha value is -1.97. The Morgan fingerprint density at radius 1 is 1.04 bits per heavy atom. The third-order valence-corrected chi connectivity index (χ3v) is 5.07. The lowest BCUT2D eigenvalue weighted by Crippen LogP contribution is -2.34. The Kier molecular flexibility index (Phi) is 6.23. The van der Waals surface area contributed by atoms with Crippen LogP contribution in [0.25, 0.3) is 0 Å². The molecule has 0 saturated carbocycles. The molecule has 0 aliphatic heterocycles. The molecule has 1 atom stereocenters. The highest BCUT2D eigenvalue weighted by atomic mass is 35.5. The molecular weight excluding hydrogens is 367 g/mol. The van der Waals surface area contributed by atoms with Gasteiger partial charge in [0.2, 0.25) is 0 Å². The van der Waals surface area contributed by atoms with Gasteiger partial charge in [-0.15, -0.1) is 0 Å². The number of rotatable bonds is 8. The average molecular weight is 389 g/mol. The molecule has 1 aromatic heterocycles. The van der Waals surface area contributed by atoms with Crippen molar-refractivity contribution in [3.05, 3.63) is 82.9 Å². The molecule has 0 spiro atoms. The van der Waals surface area contributed by atoms with E-state index >= 15 is 0 Å². The molecule has 136 valence electrons. The molecule has 1 unspecified atom stereocenters.